The molecule has 11 rings (SSSR count). The average molecular weight is 731 g/mol. The molecule has 0 saturated heterocycles. The summed E-state index contributed by atoms with van der Waals surface area (Å²) >= 11 is 0. The number of benzene rings is 7. The van der Waals surface area contributed by atoms with E-state index >= 15 is 0 Å². The third kappa shape index (κ3) is 5.25. The van der Waals surface area contributed by atoms with Crippen molar-refractivity contribution in [1.29, 1.82) is 0 Å². The first kappa shape index (κ1) is 33.2. The molecule has 9 aromatic rings. The molecule has 0 radical (unpaired) electrons. The first-order chi connectivity index (χ1) is 28.2. The van der Waals surface area contributed by atoms with E-state index in [0.29, 0.717) is 23.4 Å². The zero-order valence-electron chi connectivity index (χ0n) is 31.5. The molecule has 4 heteroatoms. The highest BCUT2D eigenvalue weighted by Crippen LogP contribution is 2.57. The topological polar surface area (TPSA) is 43.6 Å². The largest absolute Gasteiger partial charge is 0.310 e. The number of fused-ring (bicyclic) bond motifs is 6. The third-order valence-electron chi connectivity index (χ3n) is 11.8. The van der Waals surface area contributed by atoms with Crippen molar-refractivity contribution in [2.24, 2.45) is 5.92 Å². The van der Waals surface area contributed by atoms with Gasteiger partial charge >= 0.3 is 0 Å². The fraction of sp³-hybridized carbons (Fsp3) is 0.0755. The molecule has 1 unspecified atom stereocenters. The molecule has 0 aliphatic heterocycles. The second kappa shape index (κ2) is 13.2. The van der Waals surface area contributed by atoms with Crippen LogP contribution in [-0.4, -0.2) is 19.5 Å². The van der Waals surface area contributed by atoms with Crippen LogP contribution in [0.4, 0.5) is 0 Å². The minimum absolute atomic E-state index is 0.461. The molecule has 270 valence electrons. The van der Waals surface area contributed by atoms with Crippen molar-refractivity contribution in [1.82, 2.24) is 19.5 Å². The summed E-state index contributed by atoms with van der Waals surface area (Å²) in [6.45, 7) is 2.31. The molecule has 0 saturated carbocycles. The Morgan fingerprint density at radius 1 is 0.509 bits per heavy atom. The Labute approximate surface area is 331 Å². The number of nitrogens with zero attached hydrogens (tertiary/aromatic N) is 4. The molecule has 1 atom stereocenters. The van der Waals surface area contributed by atoms with Gasteiger partial charge in [-0.1, -0.05) is 171 Å². The molecule has 2 heterocycles. The maximum absolute atomic E-state index is 5.17. The van der Waals surface area contributed by atoms with Crippen molar-refractivity contribution in [2.75, 3.05) is 0 Å². The van der Waals surface area contributed by atoms with Gasteiger partial charge in [0.2, 0.25) is 0 Å². The highest BCUT2D eigenvalue weighted by Gasteiger charge is 2.47. The molecule has 4 nitrogen and oxygen atoms in total. The lowest BCUT2D eigenvalue weighted by molar-refractivity contribution is 0.769. The Hall–Kier alpha value is -7.17. The average Bonchev–Trinajstić information content (AvgIpc) is 3.75. The normalized spacial score (nSPS) is 14.9. The predicted molar refractivity (Wildman–Crippen MR) is 232 cm³/mol. The Bertz CT molecular complexity index is 2990. The van der Waals surface area contributed by atoms with E-state index in [1.54, 1.807) is 0 Å². The maximum atomic E-state index is 5.17. The molecule has 2 aliphatic carbocycles. The van der Waals surface area contributed by atoms with Crippen LogP contribution >= 0.6 is 0 Å². The van der Waals surface area contributed by atoms with Crippen molar-refractivity contribution in [3.8, 4) is 51.0 Å². The van der Waals surface area contributed by atoms with Crippen LogP contribution in [-0.2, 0) is 5.41 Å². The molecule has 0 spiro atoms. The standard InChI is InChI=1S/C53H38N4/c1-35-27-29-43-45-33-47-44(34-49(45)57(48(43)31-35)41-25-15-6-16-26-41)42-30-28-38(32-46(42)53(47,39-21-11-4-12-22-39)40-23-13-5-14-24-40)52-55-50(36-17-7-2-8-18-36)54-51(56-52)37-19-9-3-10-20-37/h2-26,28-35H,27H2,1H3. The molecule has 57 heavy (non-hydrogen) atoms. The van der Waals surface area contributed by atoms with Gasteiger partial charge in [0.1, 0.15) is 0 Å². The van der Waals surface area contributed by atoms with Crippen LogP contribution in [0.25, 0.3) is 74.0 Å². The highest BCUT2D eigenvalue weighted by atomic mass is 15.0. The van der Waals surface area contributed by atoms with Crippen LogP contribution in [0.15, 0.2) is 182 Å². The summed E-state index contributed by atoms with van der Waals surface area (Å²) in [4.78, 5) is 15.3. The van der Waals surface area contributed by atoms with E-state index in [1.165, 1.54) is 60.5 Å². The SMILES string of the molecule is CC1C=c2c(c3cc4c(cc3n2-c2ccccc2)-c2ccc(-c3nc(-c5ccccc5)nc(-c5ccccc5)n3)cc2C4(c2ccccc2)c2ccccc2)=CC1. The molecule has 0 fully saturated rings. The Kier molecular flexibility index (Phi) is 7.71. The third-order valence-corrected chi connectivity index (χ3v) is 11.8. The fourth-order valence-corrected chi connectivity index (χ4v) is 9.26. The van der Waals surface area contributed by atoms with Gasteiger partial charge in [0.05, 0.1) is 16.3 Å². The summed E-state index contributed by atoms with van der Waals surface area (Å²) in [6.07, 6.45) is 5.93. The number of aromatic nitrogens is 4. The van der Waals surface area contributed by atoms with Crippen LogP contribution in [0.1, 0.15) is 35.6 Å². The highest BCUT2D eigenvalue weighted by molar-refractivity contribution is 5.97. The van der Waals surface area contributed by atoms with Gasteiger partial charge in [0.15, 0.2) is 17.5 Å². The van der Waals surface area contributed by atoms with E-state index in [1.807, 2.05) is 36.4 Å². The second-order valence-electron chi connectivity index (χ2n) is 15.2. The quantitative estimate of drug-likeness (QED) is 0.171. The molecule has 0 amide bonds. The van der Waals surface area contributed by atoms with Crippen LogP contribution in [0.2, 0.25) is 0 Å². The van der Waals surface area contributed by atoms with E-state index in [0.717, 1.165) is 23.1 Å². The number of rotatable bonds is 6. The molecular formula is C53H38N4. The smallest absolute Gasteiger partial charge is 0.164 e. The van der Waals surface area contributed by atoms with Crippen molar-refractivity contribution in [3.63, 3.8) is 0 Å². The van der Waals surface area contributed by atoms with Crippen LogP contribution in [0.5, 0.6) is 0 Å². The van der Waals surface area contributed by atoms with Gasteiger partial charge in [-0.3, -0.25) is 0 Å². The molecule has 0 N–H and O–H groups in total. The van der Waals surface area contributed by atoms with E-state index in [9.17, 15) is 0 Å². The van der Waals surface area contributed by atoms with Crippen LogP contribution in [0, 0.1) is 5.92 Å². The molecule has 2 aromatic heterocycles. The number of para-hydroxylation sites is 1. The minimum Gasteiger partial charge on any atom is -0.310 e. The first-order valence-corrected chi connectivity index (χ1v) is 19.8. The second-order valence-corrected chi connectivity index (χ2v) is 15.2. The lowest BCUT2D eigenvalue weighted by atomic mass is 9.67. The minimum atomic E-state index is -0.609. The van der Waals surface area contributed by atoms with Gasteiger partial charge in [-0.15, -0.1) is 0 Å². The zero-order chi connectivity index (χ0) is 37.9. The monoisotopic (exact) mass is 730 g/mol. The summed E-state index contributed by atoms with van der Waals surface area (Å²) in [5.74, 6) is 2.41. The molecule has 7 aromatic carbocycles. The number of hydrogen-bond acceptors (Lipinski definition) is 3. The summed E-state index contributed by atoms with van der Waals surface area (Å²) in [5.41, 5.74) is 12.0. The van der Waals surface area contributed by atoms with Gasteiger partial charge in [-0.05, 0) is 76.1 Å². The Morgan fingerprint density at radius 2 is 1.02 bits per heavy atom. The lowest BCUT2D eigenvalue weighted by Gasteiger charge is -2.34. The Morgan fingerprint density at radius 3 is 1.60 bits per heavy atom. The summed E-state index contributed by atoms with van der Waals surface area (Å²) < 4.78 is 2.47. The van der Waals surface area contributed by atoms with Crippen molar-refractivity contribution in [2.45, 2.75) is 18.8 Å². The molecule has 0 bridgehead atoms. The summed E-state index contributed by atoms with van der Waals surface area (Å²) in [6, 6.07) is 65.1. The van der Waals surface area contributed by atoms with E-state index in [4.69, 9.17) is 15.0 Å². The van der Waals surface area contributed by atoms with Crippen molar-refractivity contribution in [3.05, 3.63) is 215 Å². The predicted octanol–water partition coefficient (Wildman–Crippen LogP) is 10.8. The van der Waals surface area contributed by atoms with E-state index in [2.05, 4.69) is 169 Å². The maximum Gasteiger partial charge on any atom is 0.164 e. The molecule has 2 aliphatic rings. The van der Waals surface area contributed by atoms with E-state index in [-0.39, 0.29) is 0 Å². The van der Waals surface area contributed by atoms with E-state index < -0.39 is 5.41 Å². The van der Waals surface area contributed by atoms with Crippen molar-refractivity contribution < 1.29 is 0 Å². The Balaban J connectivity index is 1.23. The van der Waals surface area contributed by atoms with Gasteiger partial charge in [0, 0.05) is 33.0 Å². The van der Waals surface area contributed by atoms with Gasteiger partial charge in [0.25, 0.3) is 0 Å². The van der Waals surface area contributed by atoms with Crippen LogP contribution in [0.3, 0.4) is 0 Å². The molecular weight excluding hydrogens is 693 g/mol. The number of hydrogen-bond donors (Lipinski definition) is 0. The zero-order valence-corrected chi connectivity index (χ0v) is 31.5. The van der Waals surface area contributed by atoms with Crippen molar-refractivity contribution >= 4 is 23.1 Å². The first-order valence-electron chi connectivity index (χ1n) is 19.8. The lowest BCUT2D eigenvalue weighted by Crippen LogP contribution is -2.32. The summed E-state index contributed by atoms with van der Waals surface area (Å²) in [7, 11) is 0. The van der Waals surface area contributed by atoms with Gasteiger partial charge in [-0.25, -0.2) is 15.0 Å². The summed E-state index contributed by atoms with van der Waals surface area (Å²) in [5, 5.41) is 3.86. The van der Waals surface area contributed by atoms with Crippen LogP contribution < -0.4 is 10.6 Å². The van der Waals surface area contributed by atoms with Gasteiger partial charge in [-0.2, -0.15) is 0 Å². The van der Waals surface area contributed by atoms with Gasteiger partial charge < -0.3 is 4.57 Å². The fourth-order valence-electron chi connectivity index (χ4n) is 9.26.